The highest BCUT2D eigenvalue weighted by molar-refractivity contribution is 5.94. The molecule has 166 valence electrons. The first-order valence-electron chi connectivity index (χ1n) is 9.55. The van der Waals surface area contributed by atoms with Crippen molar-refractivity contribution in [1.82, 2.24) is 9.88 Å². The van der Waals surface area contributed by atoms with E-state index in [9.17, 15) is 18.4 Å². The smallest absolute Gasteiger partial charge is 0.258 e. The van der Waals surface area contributed by atoms with E-state index >= 15 is 0 Å². The summed E-state index contributed by atoms with van der Waals surface area (Å²) in [6, 6.07) is 9.79. The number of fused-ring (bicyclic) bond motifs is 1. The zero-order chi connectivity index (χ0) is 23.3. The van der Waals surface area contributed by atoms with Crippen LogP contribution in [-0.4, -0.2) is 43.1 Å². The second-order valence-electron chi connectivity index (χ2n) is 6.95. The van der Waals surface area contributed by atoms with E-state index in [-0.39, 0.29) is 28.1 Å². The monoisotopic (exact) mass is 441 g/mol. The average Bonchev–Trinajstić information content (AvgIpc) is 2.79. The van der Waals surface area contributed by atoms with Gasteiger partial charge in [0.05, 0.1) is 17.7 Å². The zero-order valence-electron chi connectivity index (χ0n) is 17.4. The Kier molecular flexibility index (Phi) is 7.06. The lowest BCUT2D eigenvalue weighted by Crippen LogP contribution is -2.29. The molecule has 0 spiro atoms. The van der Waals surface area contributed by atoms with Crippen LogP contribution >= 0.6 is 0 Å². The normalized spacial score (nSPS) is 11.4. The van der Waals surface area contributed by atoms with Gasteiger partial charge in [-0.05, 0) is 36.4 Å². The Balaban J connectivity index is 1.81. The first-order valence-corrected chi connectivity index (χ1v) is 9.55. The molecule has 0 aliphatic carbocycles. The number of pyridine rings is 1. The van der Waals surface area contributed by atoms with Crippen molar-refractivity contribution in [3.05, 3.63) is 81.8 Å². The molecule has 1 amide bonds. The standard InChI is InChI=1S/C22H21F2N5O3/c1-29(7-8-32-2)22(31)13-3-5-15(6-4-13)26-12-20(28-25)16-9-14-10-17(23)18(24)11-19(14)27-21(16)30/h3-6,9-12,25-26H,7-8H2,1-2H3,(H,27,30)/b20-12-,28-25?. The number of ether oxygens (including phenoxy) is 1. The van der Waals surface area contributed by atoms with Gasteiger partial charge in [0, 0.05) is 49.6 Å². The van der Waals surface area contributed by atoms with Gasteiger partial charge in [-0.15, -0.1) is 0 Å². The van der Waals surface area contributed by atoms with Gasteiger partial charge in [-0.2, -0.15) is 5.11 Å². The molecule has 0 aliphatic heterocycles. The highest BCUT2D eigenvalue weighted by Gasteiger charge is 2.12. The van der Waals surface area contributed by atoms with Crippen LogP contribution in [0.3, 0.4) is 0 Å². The summed E-state index contributed by atoms with van der Waals surface area (Å²) in [4.78, 5) is 28.7. The summed E-state index contributed by atoms with van der Waals surface area (Å²) in [6.07, 6.45) is 1.34. The van der Waals surface area contributed by atoms with Crippen LogP contribution in [0.15, 0.2) is 58.6 Å². The molecule has 1 aromatic heterocycles. The minimum atomic E-state index is -1.07. The fourth-order valence-corrected chi connectivity index (χ4v) is 2.97. The maximum absolute atomic E-state index is 13.5. The van der Waals surface area contributed by atoms with Gasteiger partial charge in [0.2, 0.25) is 0 Å². The minimum absolute atomic E-state index is 0.0116. The first-order chi connectivity index (χ1) is 15.3. The number of carbonyl (C=O) groups is 1. The average molecular weight is 441 g/mol. The van der Waals surface area contributed by atoms with Crippen molar-refractivity contribution in [2.24, 2.45) is 5.11 Å². The third-order valence-corrected chi connectivity index (χ3v) is 4.77. The molecule has 0 saturated heterocycles. The van der Waals surface area contributed by atoms with Gasteiger partial charge in [0.25, 0.3) is 11.5 Å². The quantitative estimate of drug-likeness (QED) is 0.460. The van der Waals surface area contributed by atoms with Gasteiger partial charge in [-0.1, -0.05) is 0 Å². The lowest BCUT2D eigenvalue weighted by atomic mass is 10.1. The Morgan fingerprint density at radius 2 is 1.91 bits per heavy atom. The molecule has 3 N–H and O–H groups in total. The number of likely N-dealkylation sites (N-methyl/N-ethyl adjacent to an activating group) is 1. The first kappa shape index (κ1) is 22.8. The van der Waals surface area contributed by atoms with Crippen molar-refractivity contribution in [2.75, 3.05) is 32.6 Å². The van der Waals surface area contributed by atoms with Crippen LogP contribution < -0.4 is 10.9 Å². The largest absolute Gasteiger partial charge is 0.383 e. The summed E-state index contributed by atoms with van der Waals surface area (Å²) in [6.45, 7) is 0.894. The third-order valence-electron chi connectivity index (χ3n) is 4.77. The molecule has 3 aromatic rings. The predicted octanol–water partition coefficient (Wildman–Crippen LogP) is 3.97. The number of hydrogen-bond donors (Lipinski definition) is 3. The number of carbonyl (C=O) groups excluding carboxylic acids is 1. The molecule has 2 aromatic carbocycles. The summed E-state index contributed by atoms with van der Waals surface area (Å²) in [5, 5.41) is 6.54. The molecule has 0 saturated carbocycles. The number of rotatable bonds is 8. The van der Waals surface area contributed by atoms with Crippen LogP contribution in [-0.2, 0) is 4.74 Å². The minimum Gasteiger partial charge on any atom is -0.383 e. The van der Waals surface area contributed by atoms with Crippen LogP contribution in [0.2, 0.25) is 0 Å². The Bertz CT molecular complexity index is 1240. The van der Waals surface area contributed by atoms with E-state index in [1.807, 2.05) is 0 Å². The second-order valence-corrected chi connectivity index (χ2v) is 6.95. The maximum Gasteiger partial charge on any atom is 0.258 e. The fraction of sp³-hybridized carbons (Fsp3) is 0.182. The summed E-state index contributed by atoms with van der Waals surface area (Å²) >= 11 is 0. The number of anilines is 1. The molecule has 1 heterocycles. The van der Waals surface area contributed by atoms with Crippen molar-refractivity contribution >= 4 is 28.2 Å². The van der Waals surface area contributed by atoms with Crippen molar-refractivity contribution < 1.29 is 18.3 Å². The van der Waals surface area contributed by atoms with E-state index in [0.717, 1.165) is 12.1 Å². The molecule has 3 rings (SSSR count). The van der Waals surface area contributed by atoms with Crippen LogP contribution in [0.4, 0.5) is 14.5 Å². The molecular weight excluding hydrogens is 420 g/mol. The number of aromatic amines is 1. The molecule has 32 heavy (non-hydrogen) atoms. The zero-order valence-corrected chi connectivity index (χ0v) is 17.4. The van der Waals surface area contributed by atoms with Gasteiger partial charge in [-0.25, -0.2) is 14.3 Å². The molecule has 8 nitrogen and oxygen atoms in total. The van der Waals surface area contributed by atoms with E-state index in [0.29, 0.717) is 24.4 Å². The van der Waals surface area contributed by atoms with Crippen molar-refractivity contribution in [1.29, 1.82) is 5.53 Å². The third kappa shape index (κ3) is 5.03. The fourth-order valence-electron chi connectivity index (χ4n) is 2.97. The number of H-pyrrole nitrogens is 1. The van der Waals surface area contributed by atoms with Crippen LogP contribution in [0, 0.1) is 17.2 Å². The lowest BCUT2D eigenvalue weighted by Gasteiger charge is -2.16. The molecule has 0 bridgehead atoms. The summed E-state index contributed by atoms with van der Waals surface area (Å²) < 4.78 is 31.9. The van der Waals surface area contributed by atoms with Crippen molar-refractivity contribution in [3.8, 4) is 0 Å². The highest BCUT2D eigenvalue weighted by Crippen LogP contribution is 2.20. The molecule has 0 aliphatic rings. The lowest BCUT2D eigenvalue weighted by molar-refractivity contribution is 0.0744. The van der Waals surface area contributed by atoms with E-state index in [2.05, 4.69) is 15.4 Å². The summed E-state index contributed by atoms with van der Waals surface area (Å²) in [7, 11) is 3.24. The number of halogens is 2. The van der Waals surface area contributed by atoms with E-state index in [1.54, 1.807) is 43.3 Å². The number of amides is 1. The highest BCUT2D eigenvalue weighted by atomic mass is 19.2. The predicted molar refractivity (Wildman–Crippen MR) is 117 cm³/mol. The van der Waals surface area contributed by atoms with Crippen LogP contribution in [0.25, 0.3) is 16.6 Å². The number of hydrogen-bond acceptors (Lipinski definition) is 6. The number of nitrogens with one attached hydrogen (secondary N) is 3. The Hall–Kier alpha value is -3.92. The Morgan fingerprint density at radius 3 is 2.56 bits per heavy atom. The molecule has 0 fully saturated rings. The second kappa shape index (κ2) is 9.92. The van der Waals surface area contributed by atoms with Gasteiger partial charge in [0.15, 0.2) is 11.6 Å². The van der Waals surface area contributed by atoms with Gasteiger partial charge < -0.3 is 19.9 Å². The van der Waals surface area contributed by atoms with Crippen LogP contribution in [0.5, 0.6) is 0 Å². The molecule has 0 unspecified atom stereocenters. The number of nitrogens with zero attached hydrogens (tertiary/aromatic N) is 2. The van der Waals surface area contributed by atoms with E-state index < -0.39 is 17.2 Å². The summed E-state index contributed by atoms with van der Waals surface area (Å²) in [5.74, 6) is -2.28. The number of methoxy groups -OCH3 is 1. The summed E-state index contributed by atoms with van der Waals surface area (Å²) in [5.41, 5.74) is 8.01. The Labute approximate surface area is 182 Å². The molecule has 0 atom stereocenters. The Morgan fingerprint density at radius 1 is 1.22 bits per heavy atom. The SMILES string of the molecule is COCCN(C)C(=O)c1ccc(N/C=C(\N=N)c2cc3cc(F)c(F)cc3[nH]c2=O)cc1. The molecule has 0 radical (unpaired) electrons. The number of aromatic nitrogens is 1. The van der Waals surface area contributed by atoms with Crippen molar-refractivity contribution in [2.45, 2.75) is 0 Å². The van der Waals surface area contributed by atoms with E-state index in [4.69, 9.17) is 10.3 Å². The molecule has 10 heteroatoms. The molecular formula is C22H21F2N5O3. The topological polar surface area (TPSA) is 111 Å². The number of benzene rings is 2. The van der Waals surface area contributed by atoms with Gasteiger partial charge in [-0.3, -0.25) is 9.59 Å². The maximum atomic E-state index is 13.5. The van der Waals surface area contributed by atoms with Crippen LogP contribution in [0.1, 0.15) is 15.9 Å². The van der Waals surface area contributed by atoms with Gasteiger partial charge >= 0.3 is 0 Å². The van der Waals surface area contributed by atoms with E-state index in [1.165, 1.54) is 12.3 Å². The van der Waals surface area contributed by atoms with Crippen molar-refractivity contribution in [3.63, 3.8) is 0 Å². The van der Waals surface area contributed by atoms with Gasteiger partial charge in [0.1, 0.15) is 5.70 Å².